The van der Waals surface area contributed by atoms with Crippen LogP contribution in [0.5, 0.6) is 0 Å². The Morgan fingerprint density at radius 2 is 1.90 bits per heavy atom. The van der Waals surface area contributed by atoms with Crippen molar-refractivity contribution in [3.05, 3.63) is 29.8 Å². The lowest BCUT2D eigenvalue weighted by molar-refractivity contribution is 0.313. The molecule has 1 rings (SSSR count). The summed E-state index contributed by atoms with van der Waals surface area (Å²) in [5.41, 5.74) is 6.63. The Balaban J connectivity index is 2.99. The molecule has 1 atom stereocenters. The molecule has 0 saturated carbocycles. The minimum atomic E-state index is -3.71. The normalized spacial score (nSPS) is 14.4. The van der Waals surface area contributed by atoms with E-state index in [1.54, 1.807) is 38.1 Å². The minimum Gasteiger partial charge on any atom is -0.409 e. The maximum absolute atomic E-state index is 12.3. The van der Waals surface area contributed by atoms with Crippen molar-refractivity contribution in [2.75, 3.05) is 0 Å². The standard InChI is InChI=1S/C14H23N3O3S/c1-4-5-11-6-8-12(9-7-11)21(19,20)17-13(10(2)3)14(15)16-18/h6-10,13,17-18H,4-5H2,1-3H3,(H2,15,16). The average molecular weight is 313 g/mol. The van der Waals surface area contributed by atoms with E-state index in [9.17, 15) is 8.42 Å². The van der Waals surface area contributed by atoms with Crippen molar-refractivity contribution in [3.63, 3.8) is 0 Å². The molecule has 6 nitrogen and oxygen atoms in total. The highest BCUT2D eigenvalue weighted by molar-refractivity contribution is 7.89. The van der Waals surface area contributed by atoms with Crippen LogP contribution in [0.4, 0.5) is 0 Å². The Bertz CT molecular complexity index is 580. The van der Waals surface area contributed by atoms with Gasteiger partial charge in [-0.25, -0.2) is 13.1 Å². The van der Waals surface area contributed by atoms with Gasteiger partial charge in [-0.05, 0) is 30.0 Å². The van der Waals surface area contributed by atoms with Gasteiger partial charge in [0.2, 0.25) is 10.0 Å². The summed E-state index contributed by atoms with van der Waals surface area (Å²) in [6.45, 7) is 5.64. The van der Waals surface area contributed by atoms with E-state index in [2.05, 4.69) is 16.8 Å². The van der Waals surface area contributed by atoms with E-state index in [1.165, 1.54) is 0 Å². The summed E-state index contributed by atoms with van der Waals surface area (Å²) >= 11 is 0. The molecule has 0 fully saturated rings. The summed E-state index contributed by atoms with van der Waals surface area (Å²) in [6, 6.07) is 5.97. The number of hydrogen-bond acceptors (Lipinski definition) is 4. The second-order valence-corrected chi connectivity index (χ2v) is 6.98. The molecule has 21 heavy (non-hydrogen) atoms. The van der Waals surface area contributed by atoms with Crippen molar-refractivity contribution < 1.29 is 13.6 Å². The van der Waals surface area contributed by atoms with E-state index in [4.69, 9.17) is 10.9 Å². The first-order valence-electron chi connectivity index (χ1n) is 6.90. The molecule has 0 aliphatic rings. The molecule has 1 unspecified atom stereocenters. The zero-order valence-corrected chi connectivity index (χ0v) is 13.4. The summed E-state index contributed by atoms with van der Waals surface area (Å²) in [6.07, 6.45) is 1.91. The van der Waals surface area contributed by atoms with Gasteiger partial charge in [-0.3, -0.25) is 0 Å². The Morgan fingerprint density at radius 1 is 1.33 bits per heavy atom. The molecule has 0 saturated heterocycles. The lowest BCUT2D eigenvalue weighted by atomic mass is 10.1. The fourth-order valence-electron chi connectivity index (χ4n) is 1.96. The third-order valence-corrected chi connectivity index (χ3v) is 4.61. The molecule has 0 aliphatic heterocycles. The zero-order chi connectivity index (χ0) is 16.0. The number of nitrogens with zero attached hydrogens (tertiary/aromatic N) is 1. The number of nitrogens with two attached hydrogens (primary N) is 1. The van der Waals surface area contributed by atoms with Crippen LogP contribution >= 0.6 is 0 Å². The van der Waals surface area contributed by atoms with Crippen LogP contribution in [-0.2, 0) is 16.4 Å². The van der Waals surface area contributed by atoms with Gasteiger partial charge in [-0.1, -0.05) is 44.5 Å². The summed E-state index contributed by atoms with van der Waals surface area (Å²) in [7, 11) is -3.71. The molecule has 1 aromatic carbocycles. The SMILES string of the molecule is CCCc1ccc(S(=O)(=O)NC(C(N)=NO)C(C)C)cc1. The van der Waals surface area contributed by atoms with Gasteiger partial charge in [-0.2, -0.15) is 0 Å². The highest BCUT2D eigenvalue weighted by Crippen LogP contribution is 2.14. The number of rotatable bonds is 7. The first-order valence-corrected chi connectivity index (χ1v) is 8.38. The maximum atomic E-state index is 12.3. The summed E-state index contributed by atoms with van der Waals surface area (Å²) in [5, 5.41) is 11.6. The summed E-state index contributed by atoms with van der Waals surface area (Å²) in [5.74, 6) is -0.300. The number of benzene rings is 1. The number of nitrogens with one attached hydrogen (secondary N) is 1. The molecule has 1 aromatic rings. The van der Waals surface area contributed by atoms with Crippen LogP contribution in [0.1, 0.15) is 32.8 Å². The molecule has 0 spiro atoms. The second kappa shape index (κ2) is 7.42. The van der Waals surface area contributed by atoms with Gasteiger partial charge in [0.25, 0.3) is 0 Å². The predicted molar refractivity (Wildman–Crippen MR) is 82.8 cm³/mol. The molecule has 0 radical (unpaired) electrons. The van der Waals surface area contributed by atoms with Crippen LogP contribution < -0.4 is 10.5 Å². The van der Waals surface area contributed by atoms with Crippen LogP contribution in [-0.4, -0.2) is 25.5 Å². The van der Waals surface area contributed by atoms with Crippen LogP contribution in [0.15, 0.2) is 34.3 Å². The smallest absolute Gasteiger partial charge is 0.241 e. The molecule has 0 heterocycles. The van der Waals surface area contributed by atoms with E-state index < -0.39 is 16.1 Å². The van der Waals surface area contributed by atoms with Gasteiger partial charge in [0.15, 0.2) is 5.84 Å². The lowest BCUT2D eigenvalue weighted by Crippen LogP contribution is -2.47. The van der Waals surface area contributed by atoms with Crippen molar-refractivity contribution in [1.29, 1.82) is 0 Å². The lowest BCUT2D eigenvalue weighted by Gasteiger charge is -2.20. The van der Waals surface area contributed by atoms with Crippen LogP contribution in [0, 0.1) is 5.92 Å². The van der Waals surface area contributed by atoms with Crippen molar-refractivity contribution in [1.82, 2.24) is 4.72 Å². The Morgan fingerprint density at radius 3 is 2.33 bits per heavy atom. The van der Waals surface area contributed by atoms with E-state index in [0.717, 1.165) is 18.4 Å². The molecule has 0 aromatic heterocycles. The van der Waals surface area contributed by atoms with Crippen LogP contribution in [0.2, 0.25) is 0 Å². The molecule has 7 heteroatoms. The van der Waals surface area contributed by atoms with Gasteiger partial charge < -0.3 is 10.9 Å². The highest BCUT2D eigenvalue weighted by Gasteiger charge is 2.25. The number of oxime groups is 1. The third kappa shape index (κ3) is 4.71. The number of amidine groups is 1. The summed E-state index contributed by atoms with van der Waals surface area (Å²) in [4.78, 5) is 0.166. The van der Waals surface area contributed by atoms with Crippen molar-refractivity contribution in [2.24, 2.45) is 16.8 Å². The van der Waals surface area contributed by atoms with E-state index in [1.807, 2.05) is 0 Å². The average Bonchev–Trinajstić information content (AvgIpc) is 2.44. The van der Waals surface area contributed by atoms with Crippen LogP contribution in [0.3, 0.4) is 0 Å². The molecule has 0 amide bonds. The van der Waals surface area contributed by atoms with Gasteiger partial charge in [0.1, 0.15) is 0 Å². The van der Waals surface area contributed by atoms with E-state index >= 15 is 0 Å². The molecular formula is C14H23N3O3S. The molecule has 0 aliphatic carbocycles. The van der Waals surface area contributed by atoms with E-state index in [0.29, 0.717) is 0 Å². The Hall–Kier alpha value is -1.60. The topological polar surface area (TPSA) is 105 Å². The number of hydrogen-bond donors (Lipinski definition) is 3. The fraction of sp³-hybridized carbons (Fsp3) is 0.500. The van der Waals surface area contributed by atoms with Crippen molar-refractivity contribution in [3.8, 4) is 0 Å². The predicted octanol–water partition coefficient (Wildman–Crippen LogP) is 1.69. The third-order valence-electron chi connectivity index (χ3n) is 3.16. The summed E-state index contributed by atoms with van der Waals surface area (Å²) < 4.78 is 27.1. The minimum absolute atomic E-state index is 0.143. The first kappa shape index (κ1) is 17.5. The van der Waals surface area contributed by atoms with Gasteiger partial charge in [0.05, 0.1) is 10.9 Å². The van der Waals surface area contributed by atoms with Crippen molar-refractivity contribution >= 4 is 15.9 Å². The highest BCUT2D eigenvalue weighted by atomic mass is 32.2. The maximum Gasteiger partial charge on any atom is 0.241 e. The quantitative estimate of drug-likeness (QED) is 0.308. The van der Waals surface area contributed by atoms with Gasteiger partial charge in [-0.15, -0.1) is 0 Å². The molecular weight excluding hydrogens is 290 g/mol. The molecule has 4 N–H and O–H groups in total. The monoisotopic (exact) mass is 313 g/mol. The Kier molecular flexibility index (Phi) is 6.17. The molecule has 0 bridgehead atoms. The van der Waals surface area contributed by atoms with Crippen molar-refractivity contribution in [2.45, 2.75) is 44.6 Å². The largest absolute Gasteiger partial charge is 0.409 e. The Labute approximate surface area is 126 Å². The van der Waals surface area contributed by atoms with Crippen LogP contribution in [0.25, 0.3) is 0 Å². The number of sulfonamides is 1. The number of aryl methyl sites for hydroxylation is 1. The second-order valence-electron chi connectivity index (χ2n) is 5.26. The zero-order valence-electron chi connectivity index (χ0n) is 12.6. The van der Waals surface area contributed by atoms with Gasteiger partial charge >= 0.3 is 0 Å². The first-order chi connectivity index (χ1) is 9.81. The van der Waals surface area contributed by atoms with E-state index in [-0.39, 0.29) is 16.6 Å². The van der Waals surface area contributed by atoms with Gasteiger partial charge in [0, 0.05) is 0 Å². The fourth-order valence-corrected chi connectivity index (χ4v) is 3.32. The molecule has 118 valence electrons.